The number of pyridine rings is 1. The Kier molecular flexibility index (Phi) is 5.41. The molecule has 3 fully saturated rings. The summed E-state index contributed by atoms with van der Waals surface area (Å²) in [6.45, 7) is 4.12. The van der Waals surface area contributed by atoms with Gasteiger partial charge in [0.1, 0.15) is 17.6 Å². The zero-order valence-corrected chi connectivity index (χ0v) is 20.9. The minimum atomic E-state index is -5.12. The van der Waals surface area contributed by atoms with Crippen LogP contribution in [0.25, 0.3) is 5.52 Å². The highest BCUT2D eigenvalue weighted by atomic mass is 79.9. The summed E-state index contributed by atoms with van der Waals surface area (Å²) in [5, 5.41) is 18.6. The number of hydrogen-bond acceptors (Lipinski definition) is 5. The number of rotatable bonds is 5. The smallest absolute Gasteiger partial charge is 0.335 e. The van der Waals surface area contributed by atoms with Crippen molar-refractivity contribution < 1.29 is 27.6 Å². The minimum Gasteiger partial charge on any atom is -0.335 e. The normalized spacial score (nSPS) is 26.0. The van der Waals surface area contributed by atoms with Gasteiger partial charge in [-0.2, -0.15) is 23.5 Å². The largest absolute Gasteiger partial charge is 0.471 e. The monoisotopic (exact) mass is 566 g/mol. The lowest BCUT2D eigenvalue weighted by Crippen LogP contribution is -2.58. The second kappa shape index (κ2) is 7.93. The van der Waals surface area contributed by atoms with Crippen LogP contribution in [-0.2, 0) is 14.4 Å². The molecule has 2 N–H and O–H groups in total. The summed E-state index contributed by atoms with van der Waals surface area (Å²) in [5.74, 6) is -3.68. The van der Waals surface area contributed by atoms with Crippen LogP contribution >= 0.6 is 15.9 Å². The fourth-order valence-electron chi connectivity index (χ4n) is 5.52. The molecule has 190 valence electrons. The first-order valence-electron chi connectivity index (χ1n) is 11.3. The molecule has 1 aliphatic heterocycles. The summed E-state index contributed by atoms with van der Waals surface area (Å²) in [6.07, 6.45) is -1.83. The van der Waals surface area contributed by atoms with Gasteiger partial charge in [0.15, 0.2) is 0 Å². The molecule has 13 heteroatoms. The van der Waals surface area contributed by atoms with Gasteiger partial charge in [0.2, 0.25) is 11.8 Å². The predicted molar refractivity (Wildman–Crippen MR) is 122 cm³/mol. The van der Waals surface area contributed by atoms with Crippen molar-refractivity contribution >= 4 is 39.2 Å². The van der Waals surface area contributed by atoms with Gasteiger partial charge in [0, 0.05) is 22.8 Å². The van der Waals surface area contributed by atoms with E-state index in [1.807, 2.05) is 19.2 Å². The number of alkyl halides is 3. The second-order valence-electron chi connectivity index (χ2n) is 10.2. The highest BCUT2D eigenvalue weighted by Crippen LogP contribution is 2.65. The molecular formula is C23H22BrF3N6O3. The number of hydrogen-bond donors (Lipinski definition) is 2. The molecular weight excluding hydrogens is 545 g/mol. The fraction of sp³-hybridized carbons (Fsp3) is 0.522. The molecule has 3 heterocycles. The summed E-state index contributed by atoms with van der Waals surface area (Å²) in [5.41, 5.74) is -0.856. The van der Waals surface area contributed by atoms with Crippen LogP contribution in [0.2, 0.25) is 0 Å². The van der Waals surface area contributed by atoms with Crippen molar-refractivity contribution in [2.75, 3.05) is 6.54 Å². The minimum absolute atomic E-state index is 0.0158. The van der Waals surface area contributed by atoms with E-state index < -0.39 is 41.5 Å². The molecule has 36 heavy (non-hydrogen) atoms. The van der Waals surface area contributed by atoms with Crippen LogP contribution in [0.15, 0.2) is 29.0 Å². The Hall–Kier alpha value is -3.14. The lowest BCUT2D eigenvalue weighted by Gasteiger charge is -2.33. The average Bonchev–Trinajstić information content (AvgIpc) is 3.50. The van der Waals surface area contributed by atoms with Crippen LogP contribution < -0.4 is 10.6 Å². The Morgan fingerprint density at radius 2 is 2.00 bits per heavy atom. The van der Waals surface area contributed by atoms with Gasteiger partial charge < -0.3 is 15.5 Å². The van der Waals surface area contributed by atoms with Crippen molar-refractivity contribution in [3.05, 3.63) is 34.6 Å². The first-order chi connectivity index (χ1) is 16.8. The van der Waals surface area contributed by atoms with Crippen molar-refractivity contribution in [2.24, 2.45) is 17.3 Å². The van der Waals surface area contributed by atoms with Crippen molar-refractivity contribution in [3.63, 3.8) is 0 Å². The number of amides is 3. The van der Waals surface area contributed by atoms with E-state index in [4.69, 9.17) is 0 Å². The summed E-state index contributed by atoms with van der Waals surface area (Å²) < 4.78 is 40.7. The quantitative estimate of drug-likeness (QED) is 0.576. The van der Waals surface area contributed by atoms with Gasteiger partial charge in [-0.3, -0.25) is 14.4 Å². The van der Waals surface area contributed by atoms with Crippen LogP contribution in [-0.4, -0.2) is 56.5 Å². The van der Waals surface area contributed by atoms with Gasteiger partial charge in [-0.25, -0.2) is 4.52 Å². The first-order valence-corrected chi connectivity index (χ1v) is 12.1. The third-order valence-corrected chi connectivity index (χ3v) is 8.39. The topological polar surface area (TPSA) is 120 Å². The van der Waals surface area contributed by atoms with Gasteiger partial charge in [-0.1, -0.05) is 13.8 Å². The Labute approximate surface area is 212 Å². The summed E-state index contributed by atoms with van der Waals surface area (Å²) >= 11 is 3.43. The molecule has 9 nitrogen and oxygen atoms in total. The van der Waals surface area contributed by atoms with Crippen LogP contribution in [0.4, 0.5) is 13.2 Å². The van der Waals surface area contributed by atoms with E-state index in [0.717, 1.165) is 0 Å². The Balaban J connectivity index is 1.40. The fourth-order valence-corrected chi connectivity index (χ4v) is 6.08. The van der Waals surface area contributed by atoms with Gasteiger partial charge in [0.25, 0.3) is 0 Å². The van der Waals surface area contributed by atoms with E-state index in [9.17, 15) is 32.8 Å². The molecule has 0 bridgehead atoms. The third-order valence-electron chi connectivity index (χ3n) is 7.75. The maximum Gasteiger partial charge on any atom is 0.471 e. The van der Waals surface area contributed by atoms with Gasteiger partial charge in [0.05, 0.1) is 17.8 Å². The number of carbonyl (C=O) groups excluding carboxylic acids is 3. The molecule has 3 amide bonds. The zero-order valence-electron chi connectivity index (χ0n) is 19.3. The second-order valence-corrected chi connectivity index (χ2v) is 11.1. The molecule has 0 aromatic carbocycles. The van der Waals surface area contributed by atoms with E-state index >= 15 is 0 Å². The lowest BCUT2D eigenvalue weighted by molar-refractivity contribution is -0.175. The van der Waals surface area contributed by atoms with Crippen molar-refractivity contribution in [2.45, 2.75) is 50.5 Å². The Morgan fingerprint density at radius 1 is 1.31 bits per heavy atom. The van der Waals surface area contributed by atoms with Crippen LogP contribution in [0.1, 0.15) is 38.3 Å². The number of aromatic nitrogens is 2. The van der Waals surface area contributed by atoms with Gasteiger partial charge in [-0.05, 0) is 58.2 Å². The summed E-state index contributed by atoms with van der Waals surface area (Å²) in [7, 11) is 0. The number of fused-ring (bicyclic) bond motifs is 2. The molecule has 0 radical (unpaired) electrons. The molecule has 4 atom stereocenters. The molecule has 4 unspecified atom stereocenters. The van der Waals surface area contributed by atoms with Gasteiger partial charge >= 0.3 is 12.1 Å². The lowest BCUT2D eigenvalue weighted by atomic mass is 9.98. The summed E-state index contributed by atoms with van der Waals surface area (Å²) in [4.78, 5) is 39.7. The first kappa shape index (κ1) is 24.5. The molecule has 5 rings (SSSR count). The van der Waals surface area contributed by atoms with E-state index in [1.165, 1.54) is 11.1 Å². The van der Waals surface area contributed by atoms with Crippen molar-refractivity contribution in [3.8, 4) is 6.07 Å². The molecule has 2 aromatic rings. The van der Waals surface area contributed by atoms with Crippen LogP contribution in [0, 0.1) is 28.6 Å². The van der Waals surface area contributed by atoms with Crippen molar-refractivity contribution in [1.82, 2.24) is 25.1 Å². The molecule has 2 aliphatic carbocycles. The van der Waals surface area contributed by atoms with Gasteiger partial charge in [-0.15, -0.1) is 0 Å². The number of halogens is 4. The predicted octanol–water partition coefficient (Wildman–Crippen LogP) is 2.47. The SMILES string of the molecule is CC1(C)C2CN(C(=O)C3(NC(=O)C(F)(F)F)CC3)C(C(=O)NC(C#N)c3cnn4cccc(Br)c34)C21. The number of nitrogens with one attached hydrogen (secondary N) is 2. The molecule has 2 saturated carbocycles. The third kappa shape index (κ3) is 3.73. The molecule has 0 spiro atoms. The number of carbonyl (C=O) groups is 3. The molecule has 2 aromatic heterocycles. The van der Waals surface area contributed by atoms with Crippen LogP contribution in [0.3, 0.4) is 0 Å². The average molecular weight is 567 g/mol. The van der Waals surface area contributed by atoms with E-state index in [0.29, 0.717) is 15.6 Å². The molecule has 1 saturated heterocycles. The standard InChI is InChI=1S/C23H22BrF3N6O3/c1-21(2)12-10-32(20(36)22(5-6-22)31-19(35)23(25,26)27)17(15(12)21)18(34)30-14(8-28)11-9-29-33-7-3-4-13(24)16(11)33/h3-4,7,9,12,14-15,17H,5-6,10H2,1-2H3,(H,30,34)(H,31,35). The van der Waals surface area contributed by atoms with Crippen molar-refractivity contribution in [1.29, 1.82) is 5.26 Å². The Morgan fingerprint density at radius 3 is 2.61 bits per heavy atom. The number of likely N-dealkylation sites (tertiary alicyclic amines) is 1. The number of nitrogens with zero attached hydrogens (tertiary/aromatic N) is 4. The maximum absolute atomic E-state index is 13.5. The highest BCUT2D eigenvalue weighted by Gasteiger charge is 2.71. The maximum atomic E-state index is 13.5. The van der Waals surface area contributed by atoms with E-state index in [-0.39, 0.29) is 36.6 Å². The molecule has 3 aliphatic rings. The van der Waals surface area contributed by atoms with E-state index in [1.54, 1.807) is 22.8 Å². The number of piperidine rings is 1. The Bertz CT molecular complexity index is 1330. The number of nitriles is 1. The van der Waals surface area contributed by atoms with Crippen LogP contribution in [0.5, 0.6) is 0 Å². The highest BCUT2D eigenvalue weighted by molar-refractivity contribution is 9.10. The zero-order chi connectivity index (χ0) is 26.2. The van der Waals surface area contributed by atoms with E-state index in [2.05, 4.69) is 32.4 Å². The summed E-state index contributed by atoms with van der Waals surface area (Å²) in [6, 6.07) is 3.55.